The molecule has 1 atom stereocenters. The van der Waals surface area contributed by atoms with Gasteiger partial charge in [-0.3, -0.25) is 0 Å². The Hall–Kier alpha value is -1.69. The average Bonchev–Trinajstić information content (AvgIpc) is 2.15. The molecule has 0 heterocycles. The van der Waals surface area contributed by atoms with Crippen molar-refractivity contribution in [1.29, 1.82) is 0 Å². The van der Waals surface area contributed by atoms with E-state index in [4.69, 9.17) is 17.2 Å². The van der Waals surface area contributed by atoms with E-state index in [2.05, 4.69) is 22.6 Å². The highest BCUT2D eigenvalue weighted by atomic mass is 32.1. The lowest BCUT2D eigenvalue weighted by atomic mass is 10.1. The van der Waals surface area contributed by atoms with E-state index in [1.165, 1.54) is 0 Å². The third-order valence-corrected chi connectivity index (χ3v) is 2.59. The molecule has 6 N–H and O–H groups in total. The van der Waals surface area contributed by atoms with Gasteiger partial charge in [-0.25, -0.2) is 4.99 Å². The summed E-state index contributed by atoms with van der Waals surface area (Å²) in [4.78, 5) is 8.71. The minimum atomic E-state index is -0.147. The highest BCUT2D eigenvalue weighted by Crippen LogP contribution is 2.24. The van der Waals surface area contributed by atoms with Crippen molar-refractivity contribution in [3.8, 4) is 0 Å². The van der Waals surface area contributed by atoms with E-state index in [1.54, 1.807) is 0 Å². The number of nitrogens with zero attached hydrogens (tertiary/aromatic N) is 2. The summed E-state index contributed by atoms with van der Waals surface area (Å²) in [6.45, 7) is 3.91. The Balaban J connectivity index is 2.97. The first-order valence-electron chi connectivity index (χ1n) is 5.12. The first kappa shape index (κ1) is 13.4. The number of aliphatic imine (C=N–C) groups is 2. The molecular formula is C11H17N5S. The zero-order chi connectivity index (χ0) is 13.0. The molecule has 0 amide bonds. The third-order valence-electron chi connectivity index (χ3n) is 2.21. The van der Waals surface area contributed by atoms with Crippen LogP contribution in [0.3, 0.4) is 0 Å². The van der Waals surface area contributed by atoms with Crippen LogP contribution in [0.5, 0.6) is 0 Å². The number of nitrogens with two attached hydrogens (primary N) is 3. The molecule has 1 unspecified atom stereocenters. The van der Waals surface area contributed by atoms with Gasteiger partial charge in [0.1, 0.15) is 0 Å². The van der Waals surface area contributed by atoms with Gasteiger partial charge >= 0.3 is 0 Å². The second kappa shape index (κ2) is 5.58. The van der Waals surface area contributed by atoms with Gasteiger partial charge in [-0.2, -0.15) is 4.99 Å². The van der Waals surface area contributed by atoms with Gasteiger partial charge in [-0.1, -0.05) is 17.7 Å². The largest absolute Gasteiger partial charge is 0.370 e. The number of hydrogen-bond acceptors (Lipinski definition) is 2. The number of guanidine groups is 2. The van der Waals surface area contributed by atoms with Crippen LogP contribution in [0, 0.1) is 6.92 Å². The van der Waals surface area contributed by atoms with E-state index < -0.39 is 0 Å². The van der Waals surface area contributed by atoms with Crippen molar-refractivity contribution < 1.29 is 0 Å². The molecule has 0 saturated heterocycles. The first-order chi connectivity index (χ1) is 7.90. The van der Waals surface area contributed by atoms with Crippen molar-refractivity contribution in [3.63, 3.8) is 0 Å². The van der Waals surface area contributed by atoms with Crippen LogP contribution in [-0.2, 0) is 0 Å². The molecular weight excluding hydrogens is 234 g/mol. The van der Waals surface area contributed by atoms with Crippen molar-refractivity contribution in [2.75, 3.05) is 0 Å². The Morgan fingerprint density at radius 1 is 1.29 bits per heavy atom. The van der Waals surface area contributed by atoms with E-state index >= 15 is 0 Å². The minimum absolute atomic E-state index is 0.0609. The number of benzene rings is 1. The monoisotopic (exact) mass is 251 g/mol. The fraction of sp³-hybridized carbons (Fsp3) is 0.273. The maximum absolute atomic E-state index is 5.57. The van der Waals surface area contributed by atoms with E-state index in [9.17, 15) is 0 Å². The molecule has 1 rings (SSSR count). The quantitative estimate of drug-likeness (QED) is 0.357. The Morgan fingerprint density at radius 3 is 2.47 bits per heavy atom. The molecule has 1 aromatic rings. The van der Waals surface area contributed by atoms with Gasteiger partial charge in [-0.15, -0.1) is 12.6 Å². The lowest BCUT2D eigenvalue weighted by Crippen LogP contribution is -2.26. The zero-order valence-corrected chi connectivity index (χ0v) is 10.8. The number of rotatable bonds is 2. The van der Waals surface area contributed by atoms with Gasteiger partial charge in [0, 0.05) is 4.90 Å². The summed E-state index contributed by atoms with van der Waals surface area (Å²) in [5.74, 6) is -0.0424. The fourth-order valence-corrected chi connectivity index (χ4v) is 1.90. The van der Waals surface area contributed by atoms with Gasteiger partial charge in [0.2, 0.25) is 5.96 Å². The summed E-state index contributed by atoms with van der Waals surface area (Å²) >= 11 is 4.40. The summed E-state index contributed by atoms with van der Waals surface area (Å²) in [6, 6.07) is 5.79. The Kier molecular flexibility index (Phi) is 4.39. The normalized spacial score (nSPS) is 13.2. The average molecular weight is 251 g/mol. The Labute approximate surface area is 106 Å². The lowest BCUT2D eigenvalue weighted by molar-refractivity contribution is 0.795. The van der Waals surface area contributed by atoms with Crippen molar-refractivity contribution in [3.05, 3.63) is 29.3 Å². The molecule has 0 radical (unpaired) electrons. The summed E-state index contributed by atoms with van der Waals surface area (Å²) in [5.41, 5.74) is 18.1. The maximum Gasteiger partial charge on any atom is 0.219 e. The summed E-state index contributed by atoms with van der Waals surface area (Å²) < 4.78 is 0. The van der Waals surface area contributed by atoms with Crippen LogP contribution < -0.4 is 17.2 Å². The predicted molar refractivity (Wildman–Crippen MR) is 74.3 cm³/mol. The van der Waals surface area contributed by atoms with E-state index in [1.807, 2.05) is 32.0 Å². The van der Waals surface area contributed by atoms with Crippen LogP contribution in [-0.4, -0.2) is 11.9 Å². The number of thiol groups is 1. The lowest BCUT2D eigenvalue weighted by Gasteiger charge is -2.10. The molecule has 92 valence electrons. The van der Waals surface area contributed by atoms with E-state index in [-0.39, 0.29) is 18.0 Å². The summed E-state index contributed by atoms with van der Waals surface area (Å²) in [5, 5.41) is 0. The van der Waals surface area contributed by atoms with Crippen LogP contribution in [0.25, 0.3) is 0 Å². The van der Waals surface area contributed by atoms with Crippen LogP contribution in [0.2, 0.25) is 0 Å². The van der Waals surface area contributed by atoms with Crippen molar-refractivity contribution in [1.82, 2.24) is 0 Å². The highest BCUT2D eigenvalue weighted by molar-refractivity contribution is 7.80. The highest BCUT2D eigenvalue weighted by Gasteiger charge is 2.08. The van der Waals surface area contributed by atoms with Gasteiger partial charge < -0.3 is 17.2 Å². The van der Waals surface area contributed by atoms with E-state index in [0.29, 0.717) is 0 Å². The standard InChI is InChI=1S/C11H17N5S/c1-6-3-4-8(9(17)5-6)7(2)15-11(14)16-10(12)13/h3-5,7,17H,1-2H3,(H6,12,13,14,15,16). The fourth-order valence-electron chi connectivity index (χ4n) is 1.44. The third kappa shape index (κ3) is 3.99. The van der Waals surface area contributed by atoms with Gasteiger partial charge in [-0.05, 0) is 25.5 Å². The number of hydrogen-bond donors (Lipinski definition) is 4. The molecule has 5 nitrogen and oxygen atoms in total. The molecule has 0 aliphatic heterocycles. The summed E-state index contributed by atoms with van der Waals surface area (Å²) in [7, 11) is 0. The molecule has 0 aromatic heterocycles. The molecule has 0 aliphatic rings. The van der Waals surface area contributed by atoms with Crippen LogP contribution in [0.15, 0.2) is 33.1 Å². The van der Waals surface area contributed by atoms with Crippen molar-refractivity contribution in [2.24, 2.45) is 27.2 Å². The molecule has 17 heavy (non-hydrogen) atoms. The minimum Gasteiger partial charge on any atom is -0.370 e. The molecule has 0 spiro atoms. The van der Waals surface area contributed by atoms with Crippen LogP contribution in [0.1, 0.15) is 24.1 Å². The zero-order valence-electron chi connectivity index (χ0n) is 9.88. The SMILES string of the molecule is Cc1ccc(C(C)N=C(N)N=C(N)N)c(S)c1. The molecule has 0 saturated carbocycles. The Bertz CT molecular complexity index is 463. The van der Waals surface area contributed by atoms with E-state index in [0.717, 1.165) is 16.0 Å². The molecule has 0 bridgehead atoms. The van der Waals surface area contributed by atoms with Crippen LogP contribution in [0.4, 0.5) is 0 Å². The van der Waals surface area contributed by atoms with Crippen molar-refractivity contribution in [2.45, 2.75) is 24.8 Å². The first-order valence-corrected chi connectivity index (χ1v) is 5.57. The van der Waals surface area contributed by atoms with Gasteiger partial charge in [0.25, 0.3) is 0 Å². The maximum atomic E-state index is 5.57. The van der Waals surface area contributed by atoms with Gasteiger partial charge in [0.05, 0.1) is 6.04 Å². The second-order valence-electron chi connectivity index (χ2n) is 3.76. The molecule has 0 aliphatic carbocycles. The summed E-state index contributed by atoms with van der Waals surface area (Å²) in [6.07, 6.45) is 0. The topological polar surface area (TPSA) is 103 Å². The number of aryl methyl sites for hydroxylation is 1. The van der Waals surface area contributed by atoms with Crippen LogP contribution >= 0.6 is 12.6 Å². The molecule has 0 fully saturated rings. The molecule has 6 heteroatoms. The molecule has 1 aromatic carbocycles. The second-order valence-corrected chi connectivity index (χ2v) is 4.24. The smallest absolute Gasteiger partial charge is 0.219 e. The predicted octanol–water partition coefficient (Wildman–Crippen LogP) is 0.933. The Morgan fingerprint density at radius 2 is 1.94 bits per heavy atom. The van der Waals surface area contributed by atoms with Gasteiger partial charge in [0.15, 0.2) is 5.96 Å². The van der Waals surface area contributed by atoms with Crippen molar-refractivity contribution >= 4 is 24.5 Å².